The van der Waals surface area contributed by atoms with Gasteiger partial charge in [0.15, 0.2) is 0 Å². The first-order valence-electron chi connectivity index (χ1n) is 26.0. The third kappa shape index (κ3) is 20.2. The maximum Gasteiger partial charge on any atom is 0.243 e. The van der Waals surface area contributed by atoms with Crippen molar-refractivity contribution >= 4 is 64.1 Å². The maximum atomic E-state index is 14.2. The fraction of sp³-hybridized carbons (Fsp3) is 0.519. The summed E-state index contributed by atoms with van der Waals surface area (Å²) in [5, 5.41) is 19.7. The topological polar surface area (TPSA) is 360 Å². The standard InChI is InChI=1S/C54H79N13O9/c1-30(2)21-35(48(57)70)17-18-37(22-31(3)4)63-53(75)44(25-38-27-58-29-61-38)64-46(69)28-60-54(76)47(32(5)6)67-49(71)33(7)62-52(74)43(24-36-26-59-41-16-12-11-15-39(36)41)66-51(73)42(19-20-45(56)68)65-50(72)40(55)23-34-13-9-8-10-14-34/h8-16,26-27,29-33,35,37,40,42-44,47,59H,17-25,28,55H2,1-7H3,(H2,56,68)(H2,57,70)(H,58,61)(H,60,76)(H,62,74)(H,63,75)(H,64,69)(H,65,72)(H,66,73)(H,67,71)/t33-,35+,37+,40+,42-,43-,44-,47-/m0/s1. The van der Waals surface area contributed by atoms with E-state index in [1.807, 2.05) is 58.0 Å². The van der Waals surface area contributed by atoms with Crippen LogP contribution in [-0.4, -0.2) is 117 Å². The molecule has 76 heavy (non-hydrogen) atoms. The molecule has 0 aliphatic rings. The number of benzene rings is 2. The summed E-state index contributed by atoms with van der Waals surface area (Å²) in [5.74, 6) is -6.44. The first-order valence-corrected chi connectivity index (χ1v) is 26.0. The van der Waals surface area contributed by atoms with E-state index in [4.69, 9.17) is 17.2 Å². The van der Waals surface area contributed by atoms with Gasteiger partial charge in [0.25, 0.3) is 0 Å². The molecule has 0 radical (unpaired) electrons. The van der Waals surface area contributed by atoms with E-state index in [0.717, 1.165) is 16.5 Å². The van der Waals surface area contributed by atoms with Crippen molar-refractivity contribution in [3.05, 3.63) is 90.1 Å². The first-order chi connectivity index (χ1) is 36.0. The van der Waals surface area contributed by atoms with Gasteiger partial charge in [-0.15, -0.1) is 0 Å². The number of hydrogen-bond acceptors (Lipinski definition) is 11. The van der Waals surface area contributed by atoms with Crippen molar-refractivity contribution in [3.8, 4) is 0 Å². The molecule has 2 aromatic heterocycles. The van der Waals surface area contributed by atoms with Gasteiger partial charge in [-0.3, -0.25) is 43.2 Å². The highest BCUT2D eigenvalue weighted by Gasteiger charge is 2.33. The number of fused-ring (bicyclic) bond motifs is 1. The van der Waals surface area contributed by atoms with Crippen molar-refractivity contribution in [3.63, 3.8) is 0 Å². The van der Waals surface area contributed by atoms with Crippen LogP contribution in [0.4, 0.5) is 0 Å². The van der Waals surface area contributed by atoms with E-state index in [-0.39, 0.29) is 55.9 Å². The summed E-state index contributed by atoms with van der Waals surface area (Å²) in [6.45, 7) is 12.2. The Hall–Kier alpha value is -7.62. The predicted molar refractivity (Wildman–Crippen MR) is 287 cm³/mol. The molecule has 0 bridgehead atoms. The Morgan fingerprint density at radius 2 is 1.24 bits per heavy atom. The molecule has 22 nitrogen and oxygen atoms in total. The van der Waals surface area contributed by atoms with Crippen molar-refractivity contribution in [1.29, 1.82) is 0 Å². The van der Waals surface area contributed by atoms with Crippen LogP contribution in [0.1, 0.15) is 104 Å². The first kappa shape index (κ1) is 60.9. The van der Waals surface area contributed by atoms with Crippen molar-refractivity contribution in [2.75, 3.05) is 6.54 Å². The molecule has 0 fully saturated rings. The molecule has 2 aromatic carbocycles. The predicted octanol–water partition coefficient (Wildman–Crippen LogP) is 1.19. The molecule has 0 aliphatic heterocycles. The van der Waals surface area contributed by atoms with Gasteiger partial charge in [-0.05, 0) is 80.4 Å². The minimum atomic E-state index is -1.33. The van der Waals surface area contributed by atoms with E-state index in [9.17, 15) is 43.2 Å². The SMILES string of the molecule is CC(C)C[C@@H](CC[C@H](CC(C)C)C(N)=O)NC(=O)[C@H](Cc1cnc[nH]1)NC(=O)CNC(=O)[C@@H](NC(=O)[C@H](C)NC(=O)[C@H](Cc1c[nH]c2ccccc12)NC(=O)[C@H](CCC(N)=O)NC(=O)[C@H](N)Cc1ccccc1)C(C)C. The highest BCUT2D eigenvalue weighted by atomic mass is 16.2. The monoisotopic (exact) mass is 1050 g/mol. The van der Waals surface area contributed by atoms with Crippen LogP contribution in [0.3, 0.4) is 0 Å². The molecule has 414 valence electrons. The lowest BCUT2D eigenvalue weighted by atomic mass is 9.89. The highest BCUT2D eigenvalue weighted by molar-refractivity contribution is 5.97. The minimum Gasteiger partial charge on any atom is -0.370 e. The third-order valence-electron chi connectivity index (χ3n) is 12.9. The lowest BCUT2D eigenvalue weighted by Crippen LogP contribution is -2.59. The van der Waals surface area contributed by atoms with Gasteiger partial charge < -0.3 is 64.4 Å². The largest absolute Gasteiger partial charge is 0.370 e. The smallest absolute Gasteiger partial charge is 0.243 e. The van der Waals surface area contributed by atoms with Crippen LogP contribution in [0.25, 0.3) is 10.9 Å². The van der Waals surface area contributed by atoms with Crippen LogP contribution in [-0.2, 0) is 62.4 Å². The summed E-state index contributed by atoms with van der Waals surface area (Å²) >= 11 is 0. The highest BCUT2D eigenvalue weighted by Crippen LogP contribution is 2.22. The number of imidazole rings is 1. The fourth-order valence-electron chi connectivity index (χ4n) is 8.81. The second kappa shape index (κ2) is 30.1. The van der Waals surface area contributed by atoms with Crippen LogP contribution in [0.5, 0.6) is 0 Å². The van der Waals surface area contributed by atoms with Crippen molar-refractivity contribution in [2.24, 2.45) is 40.9 Å². The number of nitrogens with zero attached hydrogens (tertiary/aromatic N) is 1. The minimum absolute atomic E-state index is 0.0497. The number of H-pyrrole nitrogens is 2. The average molecular weight is 1050 g/mol. The summed E-state index contributed by atoms with van der Waals surface area (Å²) < 4.78 is 0. The molecule has 22 heteroatoms. The van der Waals surface area contributed by atoms with Gasteiger partial charge in [-0.25, -0.2) is 4.98 Å². The zero-order valence-electron chi connectivity index (χ0n) is 44.7. The lowest BCUT2D eigenvalue weighted by molar-refractivity contribution is -0.135. The number of carbonyl (C=O) groups is 9. The normalized spacial score (nSPS) is 14.6. The third-order valence-corrected chi connectivity index (χ3v) is 12.9. The molecule has 15 N–H and O–H groups in total. The second-order valence-corrected chi connectivity index (χ2v) is 20.7. The number of aromatic amines is 2. The Balaban J connectivity index is 1.44. The molecular weight excluding hydrogens is 975 g/mol. The zero-order chi connectivity index (χ0) is 56.1. The van der Waals surface area contributed by atoms with E-state index in [1.54, 1.807) is 44.3 Å². The molecule has 0 unspecified atom stereocenters. The number of nitrogens with one attached hydrogen (secondary N) is 9. The van der Waals surface area contributed by atoms with E-state index in [0.29, 0.717) is 36.9 Å². The van der Waals surface area contributed by atoms with E-state index in [1.165, 1.54) is 19.4 Å². The van der Waals surface area contributed by atoms with Crippen molar-refractivity contribution in [1.82, 2.24) is 52.2 Å². The molecule has 8 atom stereocenters. The average Bonchev–Trinajstić information content (AvgIpc) is 4.04. The summed E-state index contributed by atoms with van der Waals surface area (Å²) in [4.78, 5) is 131. The second-order valence-electron chi connectivity index (χ2n) is 20.7. The Morgan fingerprint density at radius 1 is 0.605 bits per heavy atom. The quantitative estimate of drug-likeness (QED) is 0.0330. The summed E-state index contributed by atoms with van der Waals surface area (Å²) in [6, 6.07) is 8.74. The van der Waals surface area contributed by atoms with Crippen molar-refractivity contribution in [2.45, 2.75) is 149 Å². The van der Waals surface area contributed by atoms with Gasteiger partial charge in [0, 0.05) is 60.2 Å². The number of aromatic nitrogens is 3. The molecule has 2 heterocycles. The van der Waals surface area contributed by atoms with Gasteiger partial charge in [-0.2, -0.15) is 0 Å². The van der Waals surface area contributed by atoms with Crippen LogP contribution in [0, 0.1) is 23.7 Å². The summed E-state index contributed by atoms with van der Waals surface area (Å²) in [5.41, 5.74) is 20.1. The Bertz CT molecular complexity index is 2570. The van der Waals surface area contributed by atoms with Gasteiger partial charge in [0.1, 0.15) is 30.2 Å². The number of amides is 9. The lowest BCUT2D eigenvalue weighted by Gasteiger charge is -2.27. The molecule has 0 spiro atoms. The number of primary amides is 2. The van der Waals surface area contributed by atoms with Crippen LogP contribution in [0.2, 0.25) is 0 Å². The van der Waals surface area contributed by atoms with Gasteiger partial charge >= 0.3 is 0 Å². The number of para-hydroxylation sites is 1. The fourth-order valence-corrected chi connectivity index (χ4v) is 8.81. The van der Waals surface area contributed by atoms with Crippen LogP contribution < -0.4 is 54.4 Å². The van der Waals surface area contributed by atoms with Gasteiger partial charge in [-0.1, -0.05) is 90.1 Å². The Kier molecular flexibility index (Phi) is 24.1. The summed E-state index contributed by atoms with van der Waals surface area (Å²) in [7, 11) is 0. The van der Waals surface area contributed by atoms with Crippen LogP contribution in [0.15, 0.2) is 73.3 Å². The maximum absolute atomic E-state index is 14.2. The van der Waals surface area contributed by atoms with E-state index < -0.39 is 102 Å². The van der Waals surface area contributed by atoms with E-state index in [2.05, 4.69) is 52.2 Å². The molecule has 9 amide bonds. The number of carbonyl (C=O) groups excluding carboxylic acids is 9. The Labute approximate surface area is 444 Å². The molecule has 4 aromatic rings. The summed E-state index contributed by atoms with van der Waals surface area (Å²) in [6.07, 6.45) is 6.52. The molecular formula is C54H79N13O9. The molecule has 0 saturated carbocycles. The van der Waals surface area contributed by atoms with Crippen LogP contribution >= 0.6 is 0 Å². The number of rotatable bonds is 32. The molecule has 4 rings (SSSR count). The number of nitrogens with two attached hydrogens (primary N) is 3. The zero-order valence-corrected chi connectivity index (χ0v) is 44.7. The number of hydrogen-bond donors (Lipinski definition) is 12. The molecule has 0 aliphatic carbocycles. The van der Waals surface area contributed by atoms with Gasteiger partial charge in [0.05, 0.1) is 18.9 Å². The van der Waals surface area contributed by atoms with E-state index >= 15 is 0 Å². The van der Waals surface area contributed by atoms with Gasteiger partial charge in [0.2, 0.25) is 53.2 Å². The van der Waals surface area contributed by atoms with Crippen molar-refractivity contribution < 1.29 is 43.2 Å². The Morgan fingerprint density at radius 3 is 1.87 bits per heavy atom. The molecule has 0 saturated heterocycles.